The highest BCUT2D eigenvalue weighted by molar-refractivity contribution is 5.52. The standard InChI is InChI=1S/C9H6F3O3/c10-9(11,12)15-8-3-1-7(2-4-8)14-6-5-13/h1-4H,6H2. The Morgan fingerprint density at radius 3 is 2.13 bits per heavy atom. The summed E-state index contributed by atoms with van der Waals surface area (Å²) in [7, 11) is 0. The van der Waals surface area contributed by atoms with Crippen LogP contribution in [-0.4, -0.2) is 19.3 Å². The Morgan fingerprint density at radius 1 is 1.13 bits per heavy atom. The lowest BCUT2D eigenvalue weighted by atomic mass is 10.3. The van der Waals surface area contributed by atoms with E-state index in [0.717, 1.165) is 12.1 Å². The fraction of sp³-hybridized carbons (Fsp3) is 0.222. The van der Waals surface area contributed by atoms with Gasteiger partial charge in [0.15, 0.2) is 6.61 Å². The molecule has 0 amide bonds. The summed E-state index contributed by atoms with van der Waals surface area (Å²) in [6, 6.07) is 4.71. The topological polar surface area (TPSA) is 35.5 Å². The number of ether oxygens (including phenoxy) is 2. The Balaban J connectivity index is 2.60. The number of alkyl halides is 3. The van der Waals surface area contributed by atoms with Crippen molar-refractivity contribution in [2.24, 2.45) is 0 Å². The van der Waals surface area contributed by atoms with E-state index in [0.29, 0.717) is 0 Å². The lowest BCUT2D eigenvalue weighted by Crippen LogP contribution is -2.16. The van der Waals surface area contributed by atoms with Crippen molar-refractivity contribution >= 4 is 6.29 Å². The van der Waals surface area contributed by atoms with Crippen LogP contribution >= 0.6 is 0 Å². The summed E-state index contributed by atoms with van der Waals surface area (Å²) in [5.41, 5.74) is 0. The minimum atomic E-state index is -4.71. The first-order chi connectivity index (χ1) is 7.01. The van der Waals surface area contributed by atoms with Crippen LogP contribution in [0.2, 0.25) is 0 Å². The normalized spacial score (nSPS) is 10.9. The Bertz CT molecular complexity index is 318. The molecule has 0 saturated heterocycles. The van der Waals surface area contributed by atoms with Gasteiger partial charge in [-0.25, -0.2) is 0 Å². The van der Waals surface area contributed by atoms with Gasteiger partial charge in [0.1, 0.15) is 11.5 Å². The van der Waals surface area contributed by atoms with Crippen molar-refractivity contribution in [3.05, 3.63) is 24.3 Å². The molecule has 0 aromatic heterocycles. The van der Waals surface area contributed by atoms with Crippen LogP contribution in [0.1, 0.15) is 0 Å². The predicted molar refractivity (Wildman–Crippen MR) is 44.3 cm³/mol. The smallest absolute Gasteiger partial charge is 0.485 e. The molecule has 0 aliphatic carbocycles. The molecule has 1 rings (SSSR count). The summed E-state index contributed by atoms with van der Waals surface area (Å²) in [5.74, 6) is -0.0715. The second kappa shape index (κ2) is 4.68. The van der Waals surface area contributed by atoms with Crippen molar-refractivity contribution < 1.29 is 27.4 Å². The maximum atomic E-state index is 11.7. The minimum absolute atomic E-state index is 0.264. The number of halogens is 3. The van der Waals surface area contributed by atoms with Gasteiger partial charge >= 0.3 is 6.36 Å². The Labute approximate surface area is 83.4 Å². The molecule has 0 bridgehead atoms. The highest BCUT2D eigenvalue weighted by atomic mass is 19.4. The zero-order valence-electron chi connectivity index (χ0n) is 7.38. The lowest BCUT2D eigenvalue weighted by Gasteiger charge is -2.09. The third-order valence-electron chi connectivity index (χ3n) is 1.36. The van der Waals surface area contributed by atoms with E-state index >= 15 is 0 Å². The van der Waals surface area contributed by atoms with Crippen molar-refractivity contribution in [2.45, 2.75) is 6.36 Å². The Hall–Kier alpha value is -1.72. The first kappa shape index (κ1) is 11.4. The van der Waals surface area contributed by atoms with E-state index in [9.17, 15) is 18.0 Å². The van der Waals surface area contributed by atoms with E-state index in [1.807, 2.05) is 0 Å². The van der Waals surface area contributed by atoms with Gasteiger partial charge in [-0.15, -0.1) is 13.2 Å². The molecule has 0 fully saturated rings. The van der Waals surface area contributed by atoms with E-state index in [2.05, 4.69) is 4.74 Å². The van der Waals surface area contributed by atoms with Crippen molar-refractivity contribution in [3.63, 3.8) is 0 Å². The number of hydrogen-bond acceptors (Lipinski definition) is 3. The van der Waals surface area contributed by atoms with E-state index in [-0.39, 0.29) is 18.1 Å². The summed E-state index contributed by atoms with van der Waals surface area (Å²) in [6.45, 7) is -0.264. The third kappa shape index (κ3) is 4.35. The van der Waals surface area contributed by atoms with Crippen LogP contribution in [-0.2, 0) is 4.79 Å². The largest absolute Gasteiger partial charge is 0.573 e. The molecule has 6 heteroatoms. The van der Waals surface area contributed by atoms with Crippen molar-refractivity contribution in [1.29, 1.82) is 0 Å². The molecule has 15 heavy (non-hydrogen) atoms. The first-order valence-corrected chi connectivity index (χ1v) is 3.85. The molecule has 0 spiro atoms. The lowest BCUT2D eigenvalue weighted by molar-refractivity contribution is -0.274. The minimum Gasteiger partial charge on any atom is -0.485 e. The maximum absolute atomic E-state index is 11.7. The molecule has 0 N–H and O–H groups in total. The Morgan fingerprint density at radius 2 is 1.67 bits per heavy atom. The zero-order valence-corrected chi connectivity index (χ0v) is 7.38. The van der Waals surface area contributed by atoms with Gasteiger partial charge < -0.3 is 9.47 Å². The summed E-state index contributed by atoms with van der Waals surface area (Å²) in [4.78, 5) is 9.81. The molecule has 0 atom stereocenters. The van der Waals surface area contributed by atoms with Crippen LogP contribution in [0.25, 0.3) is 0 Å². The molecule has 0 unspecified atom stereocenters. The second-order valence-corrected chi connectivity index (χ2v) is 2.45. The number of hydrogen-bond donors (Lipinski definition) is 0. The van der Waals surface area contributed by atoms with E-state index in [4.69, 9.17) is 4.74 Å². The second-order valence-electron chi connectivity index (χ2n) is 2.45. The molecular formula is C9H6F3O3. The molecule has 3 nitrogen and oxygen atoms in total. The summed E-state index contributed by atoms with van der Waals surface area (Å²) in [6.07, 6.45) is -3.22. The highest BCUT2D eigenvalue weighted by Gasteiger charge is 2.30. The van der Waals surface area contributed by atoms with E-state index in [1.165, 1.54) is 18.4 Å². The number of benzene rings is 1. The fourth-order valence-electron chi connectivity index (χ4n) is 0.850. The monoisotopic (exact) mass is 219 g/mol. The molecule has 0 heterocycles. The van der Waals surface area contributed by atoms with Crippen molar-refractivity contribution in [3.8, 4) is 11.5 Å². The van der Waals surface area contributed by atoms with Gasteiger partial charge in [0.25, 0.3) is 0 Å². The van der Waals surface area contributed by atoms with Crippen LogP contribution in [0.15, 0.2) is 24.3 Å². The quantitative estimate of drug-likeness (QED) is 0.777. The van der Waals surface area contributed by atoms with Crippen LogP contribution in [0, 0.1) is 0 Å². The van der Waals surface area contributed by atoms with Gasteiger partial charge in [0, 0.05) is 0 Å². The van der Waals surface area contributed by atoms with E-state index < -0.39 is 6.36 Å². The van der Waals surface area contributed by atoms with Gasteiger partial charge in [-0.3, -0.25) is 4.79 Å². The van der Waals surface area contributed by atoms with E-state index in [1.54, 1.807) is 0 Å². The molecule has 0 aliphatic heterocycles. The average Bonchev–Trinajstić information content (AvgIpc) is 2.14. The van der Waals surface area contributed by atoms with Crippen molar-refractivity contribution in [1.82, 2.24) is 0 Å². The molecule has 1 radical (unpaired) electrons. The predicted octanol–water partition coefficient (Wildman–Crippen LogP) is 2.07. The average molecular weight is 219 g/mol. The maximum Gasteiger partial charge on any atom is 0.573 e. The van der Waals surface area contributed by atoms with Gasteiger partial charge in [-0.1, -0.05) is 0 Å². The molecule has 81 valence electrons. The number of rotatable bonds is 4. The van der Waals surface area contributed by atoms with Crippen LogP contribution in [0.3, 0.4) is 0 Å². The van der Waals surface area contributed by atoms with Crippen LogP contribution in [0.4, 0.5) is 13.2 Å². The molecule has 0 aliphatic rings. The van der Waals surface area contributed by atoms with Gasteiger partial charge in [-0.2, -0.15) is 0 Å². The van der Waals surface area contributed by atoms with Crippen LogP contribution in [0.5, 0.6) is 11.5 Å². The number of carbonyl (C=O) groups excluding carboxylic acids is 1. The third-order valence-corrected chi connectivity index (χ3v) is 1.36. The molecule has 1 aromatic carbocycles. The van der Waals surface area contributed by atoms with Gasteiger partial charge in [-0.05, 0) is 24.3 Å². The highest BCUT2D eigenvalue weighted by Crippen LogP contribution is 2.24. The fourth-order valence-corrected chi connectivity index (χ4v) is 0.850. The molecule has 0 saturated carbocycles. The zero-order chi connectivity index (χ0) is 11.3. The molecular weight excluding hydrogens is 213 g/mol. The van der Waals surface area contributed by atoms with Crippen molar-refractivity contribution in [2.75, 3.05) is 6.61 Å². The van der Waals surface area contributed by atoms with Gasteiger partial charge in [0.05, 0.1) is 0 Å². The first-order valence-electron chi connectivity index (χ1n) is 3.85. The summed E-state index contributed by atoms with van der Waals surface area (Å²) < 4.78 is 43.6. The summed E-state index contributed by atoms with van der Waals surface area (Å²) >= 11 is 0. The Kier molecular flexibility index (Phi) is 3.54. The SMILES string of the molecule is O=[C]COc1ccc(OC(F)(F)F)cc1. The summed E-state index contributed by atoms with van der Waals surface area (Å²) in [5, 5.41) is 0. The van der Waals surface area contributed by atoms with Crippen LogP contribution < -0.4 is 9.47 Å². The van der Waals surface area contributed by atoms with Gasteiger partial charge in [0.2, 0.25) is 6.29 Å². The molecule has 1 aromatic rings.